The van der Waals surface area contributed by atoms with Gasteiger partial charge in [-0.05, 0) is 42.2 Å². The van der Waals surface area contributed by atoms with Crippen molar-refractivity contribution in [2.45, 2.75) is 37.6 Å². The zero-order valence-electron chi connectivity index (χ0n) is 19.8. The molecule has 6 heteroatoms. The minimum Gasteiger partial charge on any atom is -0.350 e. The highest BCUT2D eigenvalue weighted by atomic mass is 35.5. The quantitative estimate of drug-likeness (QED) is 0.282. The zero-order valence-corrected chi connectivity index (χ0v) is 21.3. The van der Waals surface area contributed by atoms with E-state index >= 15 is 0 Å². The highest BCUT2D eigenvalue weighted by Crippen LogP contribution is 2.45. The van der Waals surface area contributed by atoms with E-state index in [1.807, 2.05) is 23.1 Å². The molecule has 4 nitrogen and oxygen atoms in total. The number of carbonyl (C=O) groups excluding carboxylic acids is 1. The second-order valence-corrected chi connectivity index (χ2v) is 10.3. The smallest absolute Gasteiger partial charge is 0.322 e. The van der Waals surface area contributed by atoms with Crippen LogP contribution in [0.4, 0.5) is 10.5 Å². The van der Waals surface area contributed by atoms with Crippen molar-refractivity contribution in [3.8, 4) is 0 Å². The number of hydrogen-bond acceptors (Lipinski definition) is 1. The van der Waals surface area contributed by atoms with E-state index in [4.69, 9.17) is 23.2 Å². The maximum absolute atomic E-state index is 13.7. The molecule has 0 atom stereocenters. The van der Waals surface area contributed by atoms with Crippen LogP contribution in [0.2, 0.25) is 10.0 Å². The predicted octanol–water partition coefficient (Wildman–Crippen LogP) is 8.03. The fourth-order valence-electron chi connectivity index (χ4n) is 5.50. The van der Waals surface area contributed by atoms with Crippen molar-refractivity contribution in [1.29, 1.82) is 0 Å². The highest BCUT2D eigenvalue weighted by molar-refractivity contribution is 6.39. The normalized spacial score (nSPS) is 14.8. The lowest BCUT2D eigenvalue weighted by atomic mass is 9.78. The molecule has 180 valence electrons. The van der Waals surface area contributed by atoms with Gasteiger partial charge in [-0.3, -0.25) is 0 Å². The van der Waals surface area contributed by atoms with E-state index in [1.165, 1.54) is 16.5 Å². The van der Waals surface area contributed by atoms with E-state index < -0.39 is 0 Å². The number of nitrogens with one attached hydrogen (secondary N) is 1. The number of rotatable bonds is 6. The molecule has 1 aliphatic rings. The standard InChI is InChI=1S/C29H29Cl2N3O/c1-33-19-23(22-12-5-6-15-26(22)33)29(16-7-8-17-29)20-34(18-21-10-3-2-4-11-21)28(35)32-27-24(30)13-9-14-25(27)31/h2-6,9-15,19H,7-8,16-18,20H2,1H3,(H,32,35). The Kier molecular flexibility index (Phi) is 6.77. The fourth-order valence-corrected chi connectivity index (χ4v) is 5.99. The number of hydrogen-bond donors (Lipinski definition) is 1. The van der Waals surface area contributed by atoms with Crippen LogP contribution in [0.5, 0.6) is 0 Å². The lowest BCUT2D eigenvalue weighted by Gasteiger charge is -2.36. The van der Waals surface area contributed by atoms with Crippen LogP contribution < -0.4 is 5.32 Å². The van der Waals surface area contributed by atoms with Gasteiger partial charge in [-0.1, -0.05) is 90.6 Å². The van der Waals surface area contributed by atoms with E-state index in [2.05, 4.69) is 59.5 Å². The van der Waals surface area contributed by atoms with Crippen LogP contribution in [-0.2, 0) is 19.0 Å². The van der Waals surface area contributed by atoms with Gasteiger partial charge < -0.3 is 14.8 Å². The summed E-state index contributed by atoms with van der Waals surface area (Å²) in [6.07, 6.45) is 6.67. The number of halogens is 2. The van der Waals surface area contributed by atoms with Gasteiger partial charge in [0.1, 0.15) is 0 Å². The third-order valence-electron chi connectivity index (χ3n) is 7.22. The topological polar surface area (TPSA) is 37.3 Å². The minimum atomic E-state index is -0.199. The SMILES string of the molecule is Cn1cc(C2(CN(Cc3ccccc3)C(=O)Nc3c(Cl)cccc3Cl)CCCC2)c2ccccc21. The summed E-state index contributed by atoms with van der Waals surface area (Å²) >= 11 is 12.8. The summed E-state index contributed by atoms with van der Waals surface area (Å²) in [5.41, 5.74) is 3.96. The van der Waals surface area contributed by atoms with Gasteiger partial charge in [-0.15, -0.1) is 0 Å². The molecule has 1 aliphatic carbocycles. The van der Waals surface area contributed by atoms with Crippen LogP contribution in [0.3, 0.4) is 0 Å². The van der Waals surface area contributed by atoms with Gasteiger partial charge in [0.15, 0.2) is 0 Å². The number of anilines is 1. The van der Waals surface area contributed by atoms with Crippen LogP contribution in [0.25, 0.3) is 10.9 Å². The molecule has 0 radical (unpaired) electrons. The van der Waals surface area contributed by atoms with Crippen LogP contribution in [0.15, 0.2) is 79.0 Å². The lowest BCUT2D eigenvalue weighted by molar-refractivity contribution is 0.189. The number of amides is 2. The number of benzene rings is 3. The number of urea groups is 1. The summed E-state index contributed by atoms with van der Waals surface area (Å²) in [6, 6.07) is 23.7. The maximum Gasteiger partial charge on any atom is 0.322 e. The number of fused-ring (bicyclic) bond motifs is 1. The van der Waals surface area contributed by atoms with Crippen molar-refractivity contribution >= 4 is 45.8 Å². The average Bonchev–Trinajstić information content (AvgIpc) is 3.47. The van der Waals surface area contributed by atoms with E-state index in [0.29, 0.717) is 28.8 Å². The van der Waals surface area contributed by atoms with Crippen molar-refractivity contribution < 1.29 is 4.79 Å². The maximum atomic E-state index is 13.7. The lowest BCUT2D eigenvalue weighted by Crippen LogP contribution is -2.44. The molecule has 0 bridgehead atoms. The largest absolute Gasteiger partial charge is 0.350 e. The monoisotopic (exact) mass is 505 g/mol. The van der Waals surface area contributed by atoms with E-state index in [1.54, 1.807) is 18.2 Å². The Morgan fingerprint density at radius 2 is 1.60 bits per heavy atom. The van der Waals surface area contributed by atoms with Crippen LogP contribution in [0, 0.1) is 0 Å². The fraction of sp³-hybridized carbons (Fsp3) is 0.276. The zero-order chi connectivity index (χ0) is 24.4. The molecular weight excluding hydrogens is 477 g/mol. The Hall–Kier alpha value is -2.95. The Morgan fingerprint density at radius 3 is 2.31 bits per heavy atom. The van der Waals surface area contributed by atoms with Gasteiger partial charge in [0.25, 0.3) is 0 Å². The van der Waals surface area contributed by atoms with Crippen LogP contribution in [-0.4, -0.2) is 22.0 Å². The first kappa shape index (κ1) is 23.8. The van der Waals surface area contributed by atoms with Gasteiger partial charge in [-0.2, -0.15) is 0 Å². The second kappa shape index (κ2) is 9.96. The second-order valence-electron chi connectivity index (χ2n) is 9.53. The van der Waals surface area contributed by atoms with Gasteiger partial charge in [0.2, 0.25) is 0 Å². The summed E-state index contributed by atoms with van der Waals surface area (Å²) in [4.78, 5) is 15.7. The molecule has 0 saturated heterocycles. The van der Waals surface area contributed by atoms with Crippen molar-refractivity contribution in [3.63, 3.8) is 0 Å². The first-order chi connectivity index (χ1) is 17.0. The van der Waals surface area contributed by atoms with Crippen molar-refractivity contribution in [3.05, 3.63) is 100 Å². The molecular formula is C29H29Cl2N3O. The molecule has 1 N–H and O–H groups in total. The Bertz CT molecular complexity index is 1320. The minimum absolute atomic E-state index is 0.114. The molecule has 0 spiro atoms. The molecule has 3 aromatic carbocycles. The molecule has 1 heterocycles. The van der Waals surface area contributed by atoms with Crippen molar-refractivity contribution in [2.24, 2.45) is 7.05 Å². The first-order valence-electron chi connectivity index (χ1n) is 12.1. The number of carbonyl (C=O) groups is 1. The van der Waals surface area contributed by atoms with Gasteiger partial charge >= 0.3 is 6.03 Å². The summed E-state index contributed by atoms with van der Waals surface area (Å²) in [6.45, 7) is 1.12. The first-order valence-corrected chi connectivity index (χ1v) is 12.8. The Labute approximate surface area is 216 Å². The average molecular weight is 506 g/mol. The van der Waals surface area contributed by atoms with Crippen LogP contribution >= 0.6 is 23.2 Å². The van der Waals surface area contributed by atoms with Crippen LogP contribution in [0.1, 0.15) is 36.8 Å². The van der Waals surface area contributed by atoms with Crippen molar-refractivity contribution in [2.75, 3.05) is 11.9 Å². The Morgan fingerprint density at radius 1 is 0.943 bits per heavy atom. The highest BCUT2D eigenvalue weighted by Gasteiger charge is 2.40. The van der Waals surface area contributed by atoms with E-state index in [-0.39, 0.29) is 11.4 Å². The molecule has 1 saturated carbocycles. The summed E-state index contributed by atoms with van der Waals surface area (Å²) < 4.78 is 2.20. The van der Waals surface area contributed by atoms with Gasteiger partial charge in [0, 0.05) is 42.7 Å². The predicted molar refractivity (Wildman–Crippen MR) is 145 cm³/mol. The summed E-state index contributed by atoms with van der Waals surface area (Å²) in [5.74, 6) is 0. The van der Waals surface area contributed by atoms with Crippen molar-refractivity contribution in [1.82, 2.24) is 9.47 Å². The number of aromatic nitrogens is 1. The third-order valence-corrected chi connectivity index (χ3v) is 7.85. The number of para-hydroxylation sites is 2. The molecule has 1 fully saturated rings. The third kappa shape index (κ3) is 4.78. The number of nitrogens with zero attached hydrogens (tertiary/aromatic N) is 2. The molecule has 4 aromatic rings. The molecule has 35 heavy (non-hydrogen) atoms. The molecule has 0 aliphatic heterocycles. The molecule has 0 unspecified atom stereocenters. The molecule has 2 amide bonds. The Balaban J connectivity index is 1.53. The van der Waals surface area contributed by atoms with E-state index in [0.717, 1.165) is 31.2 Å². The van der Waals surface area contributed by atoms with E-state index in [9.17, 15) is 4.79 Å². The molecule has 1 aromatic heterocycles. The summed E-state index contributed by atoms with van der Waals surface area (Å²) in [5, 5.41) is 5.12. The van der Waals surface area contributed by atoms with Gasteiger partial charge in [-0.25, -0.2) is 4.79 Å². The summed E-state index contributed by atoms with van der Waals surface area (Å²) in [7, 11) is 2.10. The van der Waals surface area contributed by atoms with Gasteiger partial charge in [0.05, 0.1) is 15.7 Å². The number of aryl methyl sites for hydroxylation is 1. The molecule has 5 rings (SSSR count).